The average molecular weight is 699 g/mol. The van der Waals surface area contributed by atoms with Gasteiger partial charge in [-0.05, 0) is 65.8 Å². The van der Waals surface area contributed by atoms with Crippen molar-refractivity contribution < 1.29 is 48.5 Å². The molecule has 16 nitrogen and oxygen atoms in total. The maximum Gasteiger partial charge on any atom is 0.308 e. The van der Waals surface area contributed by atoms with Crippen molar-refractivity contribution in [2.75, 3.05) is 36.8 Å². The number of carbonyl (C=O) groups is 6. The molecule has 16 heteroatoms. The summed E-state index contributed by atoms with van der Waals surface area (Å²) in [4.78, 5) is 76.5. The molecule has 0 aliphatic heterocycles. The molecular formula is C34H46N6O10. The highest BCUT2D eigenvalue weighted by Crippen LogP contribution is 2.42. The Bertz CT molecular complexity index is 1540. The van der Waals surface area contributed by atoms with Crippen molar-refractivity contribution in [1.29, 1.82) is 0 Å². The number of hydrogen-bond acceptors (Lipinski definition) is 14. The van der Waals surface area contributed by atoms with Crippen molar-refractivity contribution in [2.24, 2.45) is 11.5 Å². The number of benzene rings is 2. The zero-order chi connectivity index (χ0) is 37.6. The summed E-state index contributed by atoms with van der Waals surface area (Å²) in [5.74, 6) is -4.92. The highest BCUT2D eigenvalue weighted by atomic mass is 16.6. The molecular weight excluding hydrogens is 652 g/mol. The molecule has 10 N–H and O–H groups in total. The lowest BCUT2D eigenvalue weighted by atomic mass is 9.81. The monoisotopic (exact) mass is 698 g/mol. The van der Waals surface area contributed by atoms with Gasteiger partial charge in [-0.3, -0.25) is 28.8 Å². The molecule has 0 spiro atoms. The van der Waals surface area contributed by atoms with Crippen molar-refractivity contribution in [3.8, 4) is 11.5 Å². The second kappa shape index (κ2) is 16.0. The third kappa shape index (κ3) is 10.4. The number of hydrogen-bond donors (Lipinski definition) is 8. The zero-order valence-electron chi connectivity index (χ0n) is 29.0. The summed E-state index contributed by atoms with van der Waals surface area (Å²) in [6.07, 6.45) is -0.652. The Kier molecular flexibility index (Phi) is 12.5. The molecule has 0 unspecified atom stereocenters. The van der Waals surface area contributed by atoms with Crippen LogP contribution in [0.2, 0.25) is 0 Å². The van der Waals surface area contributed by atoms with E-state index < -0.39 is 70.1 Å². The summed E-state index contributed by atoms with van der Waals surface area (Å²) in [6.45, 7) is 10.3. The number of phenolic OH excluding ortho intramolecular Hbond substituents is 2. The van der Waals surface area contributed by atoms with Crippen LogP contribution in [0.25, 0.3) is 0 Å². The van der Waals surface area contributed by atoms with Gasteiger partial charge in [0.25, 0.3) is 0 Å². The Morgan fingerprint density at radius 2 is 0.960 bits per heavy atom. The van der Waals surface area contributed by atoms with Gasteiger partial charge in [-0.15, -0.1) is 0 Å². The molecule has 0 bridgehead atoms. The Morgan fingerprint density at radius 3 is 1.28 bits per heavy atom. The largest absolute Gasteiger partial charge is 0.507 e. The van der Waals surface area contributed by atoms with Crippen LogP contribution in [0.1, 0.15) is 86.2 Å². The predicted molar refractivity (Wildman–Crippen MR) is 183 cm³/mol. The van der Waals surface area contributed by atoms with E-state index >= 15 is 0 Å². The van der Waals surface area contributed by atoms with E-state index in [1.807, 2.05) is 0 Å². The number of amides is 2. The van der Waals surface area contributed by atoms with Gasteiger partial charge in [-0.2, -0.15) is 0 Å². The number of fused-ring (bicyclic) bond motifs is 2. The summed E-state index contributed by atoms with van der Waals surface area (Å²) in [5.41, 5.74) is 9.72. The zero-order valence-corrected chi connectivity index (χ0v) is 29.0. The van der Waals surface area contributed by atoms with E-state index in [1.165, 1.54) is 12.1 Å². The molecule has 0 fully saturated rings. The minimum Gasteiger partial charge on any atom is -0.507 e. The predicted octanol–water partition coefficient (Wildman–Crippen LogP) is 1.05. The molecule has 272 valence electrons. The first kappa shape index (κ1) is 39.2. The van der Waals surface area contributed by atoms with Crippen LogP contribution in [-0.4, -0.2) is 95.0 Å². The van der Waals surface area contributed by atoms with E-state index in [0.29, 0.717) is 0 Å². The smallest absolute Gasteiger partial charge is 0.308 e. The number of phenols is 2. The average Bonchev–Trinajstić information content (AvgIpc) is 2.99. The first-order chi connectivity index (χ1) is 23.2. The minimum absolute atomic E-state index is 0.0240. The van der Waals surface area contributed by atoms with E-state index in [0.717, 1.165) is 12.1 Å². The van der Waals surface area contributed by atoms with Gasteiger partial charge in [0.15, 0.2) is 0 Å². The van der Waals surface area contributed by atoms with Gasteiger partial charge < -0.3 is 52.4 Å². The molecule has 3 rings (SSSR count). The first-order valence-corrected chi connectivity index (χ1v) is 16.0. The molecule has 1 aliphatic carbocycles. The summed E-state index contributed by atoms with van der Waals surface area (Å²) in [5, 5.41) is 32.2. The summed E-state index contributed by atoms with van der Waals surface area (Å²) < 4.78 is 10.4. The van der Waals surface area contributed by atoms with Crippen LogP contribution >= 0.6 is 0 Å². The molecule has 1 aliphatic rings. The van der Waals surface area contributed by atoms with E-state index in [9.17, 15) is 39.0 Å². The lowest BCUT2D eigenvalue weighted by Crippen LogP contribution is -2.44. The van der Waals surface area contributed by atoms with E-state index in [1.54, 1.807) is 41.5 Å². The number of ketones is 2. The molecule has 2 atom stereocenters. The van der Waals surface area contributed by atoms with Crippen LogP contribution < -0.4 is 32.7 Å². The number of aromatic hydroxyl groups is 2. The number of carbonyl (C=O) groups excluding carboxylic acids is 6. The number of nitrogens with two attached hydrogens (primary N) is 2. The normalized spacial score (nSPS) is 13.7. The highest BCUT2D eigenvalue weighted by molar-refractivity contribution is 6.33. The third-order valence-electron chi connectivity index (χ3n) is 7.04. The number of ether oxygens (including phenoxy) is 2. The SMILES string of the molecule is CC(C)(C)OC(=O)C[C@H](N)C(=O)NCCNc1ccc(NCCNC(=O)[C@@H](N)CC(=O)OC(C)(C)C)c2c1C(=O)c1c(O)ccc(O)c1C2=O. The van der Waals surface area contributed by atoms with Crippen molar-refractivity contribution in [1.82, 2.24) is 10.6 Å². The molecule has 2 amide bonds. The molecule has 0 saturated heterocycles. The topological polar surface area (TPSA) is 262 Å². The maximum absolute atomic E-state index is 13.8. The lowest BCUT2D eigenvalue weighted by molar-refractivity contribution is -0.157. The van der Waals surface area contributed by atoms with Crippen LogP contribution in [0.5, 0.6) is 11.5 Å². The van der Waals surface area contributed by atoms with Crippen LogP contribution in [0.15, 0.2) is 24.3 Å². The Balaban J connectivity index is 1.72. The van der Waals surface area contributed by atoms with Crippen LogP contribution in [-0.2, 0) is 28.7 Å². The number of nitrogens with one attached hydrogen (secondary N) is 4. The van der Waals surface area contributed by atoms with Gasteiger partial charge in [0, 0.05) is 37.6 Å². The summed E-state index contributed by atoms with van der Waals surface area (Å²) in [7, 11) is 0. The minimum atomic E-state index is -1.15. The summed E-state index contributed by atoms with van der Waals surface area (Å²) >= 11 is 0. The number of anilines is 2. The standard InChI is InChI=1S/C34H46N6O10/c1-33(2,3)49-23(43)15-17(35)31(47)39-13-11-37-19-7-8-20(38-12-14-40-32(48)18(36)16-24(44)50-34(4,5)6)26-25(19)29(45)27-21(41)9-10-22(42)28(27)30(26)46/h7-10,17-18,37-38,41-42H,11-16,35-36H2,1-6H3,(H,39,47)(H,40,48)/t17-,18-/m0/s1. The second-order valence-electron chi connectivity index (χ2n) is 13.7. The van der Waals surface area contributed by atoms with Crippen LogP contribution in [0, 0.1) is 0 Å². The highest BCUT2D eigenvalue weighted by Gasteiger charge is 2.38. The van der Waals surface area contributed by atoms with Gasteiger partial charge in [0.05, 0.1) is 47.2 Å². The van der Waals surface area contributed by atoms with Gasteiger partial charge in [0.2, 0.25) is 23.4 Å². The Morgan fingerprint density at radius 1 is 0.620 bits per heavy atom. The van der Waals surface area contributed by atoms with Gasteiger partial charge in [-0.1, -0.05) is 0 Å². The van der Waals surface area contributed by atoms with Crippen molar-refractivity contribution in [2.45, 2.75) is 77.7 Å². The van der Waals surface area contributed by atoms with Gasteiger partial charge in [0.1, 0.15) is 22.7 Å². The van der Waals surface area contributed by atoms with Crippen LogP contribution in [0.3, 0.4) is 0 Å². The molecule has 0 heterocycles. The van der Waals surface area contributed by atoms with E-state index in [2.05, 4.69) is 21.3 Å². The molecule has 0 aromatic heterocycles. The third-order valence-corrected chi connectivity index (χ3v) is 7.04. The number of rotatable bonds is 14. The molecule has 2 aromatic rings. The molecule has 50 heavy (non-hydrogen) atoms. The fourth-order valence-electron chi connectivity index (χ4n) is 5.00. The second-order valence-corrected chi connectivity index (χ2v) is 13.7. The Hall–Kier alpha value is -5.22. The first-order valence-electron chi connectivity index (χ1n) is 16.0. The molecule has 0 radical (unpaired) electrons. The fraction of sp³-hybridized carbons (Fsp3) is 0.471. The molecule has 2 aromatic carbocycles. The lowest BCUT2D eigenvalue weighted by Gasteiger charge is -2.25. The van der Waals surface area contributed by atoms with Gasteiger partial charge in [-0.25, -0.2) is 0 Å². The van der Waals surface area contributed by atoms with Crippen molar-refractivity contribution in [3.63, 3.8) is 0 Å². The van der Waals surface area contributed by atoms with Gasteiger partial charge >= 0.3 is 11.9 Å². The fourth-order valence-corrected chi connectivity index (χ4v) is 5.00. The van der Waals surface area contributed by atoms with E-state index in [4.69, 9.17) is 20.9 Å². The number of esters is 2. The van der Waals surface area contributed by atoms with Crippen molar-refractivity contribution in [3.05, 3.63) is 46.5 Å². The summed E-state index contributed by atoms with van der Waals surface area (Å²) in [6, 6.07) is 2.93. The quantitative estimate of drug-likeness (QED) is 0.0665. The van der Waals surface area contributed by atoms with E-state index in [-0.39, 0.29) is 72.6 Å². The Labute approximate surface area is 289 Å². The van der Waals surface area contributed by atoms with Crippen molar-refractivity contribution >= 4 is 46.7 Å². The maximum atomic E-state index is 13.8. The van der Waals surface area contributed by atoms with Crippen LogP contribution in [0.4, 0.5) is 11.4 Å². The molecule has 0 saturated carbocycles.